The summed E-state index contributed by atoms with van der Waals surface area (Å²) in [5.74, 6) is -0.208. The van der Waals surface area contributed by atoms with Crippen LogP contribution >= 0.6 is 0 Å². The van der Waals surface area contributed by atoms with Crippen LogP contribution in [0.2, 0.25) is 0 Å². The van der Waals surface area contributed by atoms with E-state index in [1.807, 2.05) is 44.2 Å². The molecule has 2 aromatic rings. The summed E-state index contributed by atoms with van der Waals surface area (Å²) in [5.41, 5.74) is 3.89. The first kappa shape index (κ1) is 15.8. The number of hydrogen-bond donors (Lipinski definition) is 2. The Labute approximate surface area is 130 Å². The lowest BCUT2D eigenvalue weighted by Crippen LogP contribution is -2.14. The number of anilines is 2. The molecule has 0 heterocycles. The maximum atomic E-state index is 12.3. The molecule has 0 unspecified atom stereocenters. The van der Waals surface area contributed by atoms with Gasteiger partial charge in [0.2, 0.25) is 5.91 Å². The van der Waals surface area contributed by atoms with E-state index in [4.69, 9.17) is 0 Å². The van der Waals surface area contributed by atoms with Crippen LogP contribution < -0.4 is 10.6 Å². The lowest BCUT2D eigenvalue weighted by atomic mass is 10.1. The van der Waals surface area contributed by atoms with Crippen LogP contribution in [0.3, 0.4) is 0 Å². The van der Waals surface area contributed by atoms with Crippen molar-refractivity contribution in [3.63, 3.8) is 0 Å². The van der Waals surface area contributed by atoms with E-state index in [1.165, 1.54) is 0 Å². The van der Waals surface area contributed by atoms with Gasteiger partial charge in [0.15, 0.2) is 0 Å². The van der Waals surface area contributed by atoms with E-state index in [0.29, 0.717) is 17.7 Å². The molecule has 4 nitrogen and oxygen atoms in total. The fourth-order valence-electron chi connectivity index (χ4n) is 2.10. The third kappa shape index (κ3) is 3.73. The second-order valence-corrected chi connectivity index (χ2v) is 5.20. The first-order valence-corrected chi connectivity index (χ1v) is 7.28. The monoisotopic (exact) mass is 296 g/mol. The molecular formula is C18H20N2O2. The molecule has 0 radical (unpaired) electrons. The quantitative estimate of drug-likeness (QED) is 0.899. The number of rotatable bonds is 4. The maximum absolute atomic E-state index is 12.3. The van der Waals surface area contributed by atoms with Crippen LogP contribution in [0.15, 0.2) is 42.5 Å². The Hall–Kier alpha value is -2.62. The number of benzene rings is 2. The van der Waals surface area contributed by atoms with Crippen molar-refractivity contribution in [2.24, 2.45) is 0 Å². The summed E-state index contributed by atoms with van der Waals surface area (Å²) in [4.78, 5) is 23.8. The van der Waals surface area contributed by atoms with Crippen LogP contribution in [0.1, 0.15) is 34.8 Å². The molecule has 4 heteroatoms. The summed E-state index contributed by atoms with van der Waals surface area (Å²) < 4.78 is 0. The standard InChI is InChI=1S/C18H20N2O2/c1-4-17(21)20-16-11-14(10-9-13(16)3)19-18(22)15-8-6-5-7-12(15)2/h5-11H,4H2,1-3H3,(H,19,22)(H,20,21). The second kappa shape index (κ2) is 6.89. The summed E-state index contributed by atoms with van der Waals surface area (Å²) in [6.07, 6.45) is 0.416. The van der Waals surface area contributed by atoms with Crippen LogP contribution in [-0.4, -0.2) is 11.8 Å². The Balaban J connectivity index is 2.20. The lowest BCUT2D eigenvalue weighted by molar-refractivity contribution is -0.115. The fourth-order valence-corrected chi connectivity index (χ4v) is 2.10. The van der Waals surface area contributed by atoms with Gasteiger partial charge >= 0.3 is 0 Å². The van der Waals surface area contributed by atoms with Gasteiger partial charge in [0.1, 0.15) is 0 Å². The van der Waals surface area contributed by atoms with Gasteiger partial charge in [-0.2, -0.15) is 0 Å². The van der Waals surface area contributed by atoms with Gasteiger partial charge in [-0.3, -0.25) is 9.59 Å². The largest absolute Gasteiger partial charge is 0.326 e. The summed E-state index contributed by atoms with van der Waals surface area (Å²) in [7, 11) is 0. The van der Waals surface area contributed by atoms with Crippen LogP contribution in [0.4, 0.5) is 11.4 Å². The molecule has 0 atom stereocenters. The van der Waals surface area contributed by atoms with Gasteiger partial charge in [-0.05, 0) is 43.2 Å². The topological polar surface area (TPSA) is 58.2 Å². The van der Waals surface area contributed by atoms with E-state index in [2.05, 4.69) is 10.6 Å². The van der Waals surface area contributed by atoms with Crippen molar-refractivity contribution in [1.82, 2.24) is 0 Å². The molecule has 0 bridgehead atoms. The van der Waals surface area contributed by atoms with Gasteiger partial charge in [-0.15, -0.1) is 0 Å². The first-order chi connectivity index (χ1) is 10.5. The van der Waals surface area contributed by atoms with Gasteiger partial charge in [0.05, 0.1) is 0 Å². The molecule has 0 aliphatic heterocycles. The van der Waals surface area contributed by atoms with E-state index in [1.54, 1.807) is 19.1 Å². The SMILES string of the molecule is CCC(=O)Nc1cc(NC(=O)c2ccccc2C)ccc1C. The van der Waals surface area contributed by atoms with Crippen LogP contribution in [-0.2, 0) is 4.79 Å². The van der Waals surface area contributed by atoms with E-state index in [0.717, 1.165) is 16.8 Å². The van der Waals surface area contributed by atoms with Gasteiger partial charge in [0.25, 0.3) is 5.91 Å². The Morgan fingerprint density at radius 3 is 2.36 bits per heavy atom. The average molecular weight is 296 g/mol. The molecule has 0 aliphatic rings. The molecule has 2 aromatic carbocycles. The molecule has 0 spiro atoms. The number of amides is 2. The fraction of sp³-hybridized carbons (Fsp3) is 0.222. The van der Waals surface area contributed by atoms with E-state index in [9.17, 15) is 9.59 Å². The molecule has 2 amide bonds. The first-order valence-electron chi connectivity index (χ1n) is 7.28. The molecule has 114 valence electrons. The smallest absolute Gasteiger partial charge is 0.255 e. The predicted octanol–water partition coefficient (Wildman–Crippen LogP) is 3.90. The van der Waals surface area contributed by atoms with Crippen molar-refractivity contribution in [1.29, 1.82) is 0 Å². The van der Waals surface area contributed by atoms with Gasteiger partial charge in [0, 0.05) is 23.4 Å². The summed E-state index contributed by atoms with van der Waals surface area (Å²) in [6.45, 7) is 5.61. The normalized spacial score (nSPS) is 10.1. The van der Waals surface area contributed by atoms with Gasteiger partial charge < -0.3 is 10.6 Å². The molecule has 0 saturated carbocycles. The molecule has 0 aliphatic carbocycles. The minimum atomic E-state index is -0.158. The number of hydrogen-bond acceptors (Lipinski definition) is 2. The van der Waals surface area contributed by atoms with E-state index in [-0.39, 0.29) is 11.8 Å². The van der Waals surface area contributed by atoms with Crippen molar-refractivity contribution < 1.29 is 9.59 Å². The summed E-state index contributed by atoms with van der Waals surface area (Å²) in [5, 5.41) is 5.70. The molecule has 2 N–H and O–H groups in total. The second-order valence-electron chi connectivity index (χ2n) is 5.20. The van der Waals surface area contributed by atoms with Crippen molar-refractivity contribution >= 4 is 23.2 Å². The number of aryl methyl sites for hydroxylation is 2. The van der Waals surface area contributed by atoms with Crippen molar-refractivity contribution in [3.05, 3.63) is 59.2 Å². The van der Waals surface area contributed by atoms with Crippen molar-refractivity contribution in [2.75, 3.05) is 10.6 Å². The van der Waals surface area contributed by atoms with Gasteiger partial charge in [-0.25, -0.2) is 0 Å². The van der Waals surface area contributed by atoms with Gasteiger partial charge in [-0.1, -0.05) is 31.2 Å². The van der Waals surface area contributed by atoms with Crippen LogP contribution in [0, 0.1) is 13.8 Å². The van der Waals surface area contributed by atoms with E-state index >= 15 is 0 Å². The number of nitrogens with one attached hydrogen (secondary N) is 2. The Morgan fingerprint density at radius 1 is 0.955 bits per heavy atom. The minimum Gasteiger partial charge on any atom is -0.326 e. The molecule has 22 heavy (non-hydrogen) atoms. The molecular weight excluding hydrogens is 276 g/mol. The third-order valence-electron chi connectivity index (χ3n) is 3.48. The number of carbonyl (C=O) groups is 2. The molecule has 0 fully saturated rings. The zero-order valence-corrected chi connectivity index (χ0v) is 13.1. The molecule has 2 rings (SSSR count). The zero-order valence-electron chi connectivity index (χ0n) is 13.1. The highest BCUT2D eigenvalue weighted by Gasteiger charge is 2.10. The maximum Gasteiger partial charge on any atom is 0.255 e. The Morgan fingerprint density at radius 2 is 1.68 bits per heavy atom. The molecule has 0 aromatic heterocycles. The predicted molar refractivity (Wildman–Crippen MR) is 89.2 cm³/mol. The number of carbonyl (C=O) groups excluding carboxylic acids is 2. The lowest BCUT2D eigenvalue weighted by Gasteiger charge is -2.12. The third-order valence-corrected chi connectivity index (χ3v) is 3.48. The Kier molecular flexibility index (Phi) is 4.94. The van der Waals surface area contributed by atoms with E-state index < -0.39 is 0 Å². The zero-order chi connectivity index (χ0) is 16.1. The van der Waals surface area contributed by atoms with Crippen molar-refractivity contribution in [3.8, 4) is 0 Å². The highest BCUT2D eigenvalue weighted by atomic mass is 16.2. The minimum absolute atomic E-state index is 0.0505. The average Bonchev–Trinajstić information content (AvgIpc) is 2.50. The highest BCUT2D eigenvalue weighted by Crippen LogP contribution is 2.21. The van der Waals surface area contributed by atoms with Crippen molar-refractivity contribution in [2.45, 2.75) is 27.2 Å². The Bertz CT molecular complexity index is 708. The van der Waals surface area contributed by atoms with Crippen LogP contribution in [0.25, 0.3) is 0 Å². The van der Waals surface area contributed by atoms with Crippen LogP contribution in [0.5, 0.6) is 0 Å². The summed E-state index contributed by atoms with van der Waals surface area (Å²) in [6, 6.07) is 12.9. The molecule has 0 saturated heterocycles. The summed E-state index contributed by atoms with van der Waals surface area (Å²) >= 11 is 0. The highest BCUT2D eigenvalue weighted by molar-refractivity contribution is 6.05.